The number of hydrogen-bond acceptors (Lipinski definition) is 4. The van der Waals surface area contributed by atoms with E-state index >= 15 is 0 Å². The zero-order valence-corrected chi connectivity index (χ0v) is 12.8. The highest BCUT2D eigenvalue weighted by Gasteiger charge is 2.39. The maximum atomic E-state index is 12.5. The van der Waals surface area contributed by atoms with Gasteiger partial charge in [0.2, 0.25) is 17.7 Å². The number of methoxy groups -OCH3 is 1. The fourth-order valence-electron chi connectivity index (χ4n) is 2.27. The second kappa shape index (κ2) is 5.71. The van der Waals surface area contributed by atoms with Crippen molar-refractivity contribution in [1.29, 1.82) is 0 Å². The molecule has 1 fully saturated rings. The van der Waals surface area contributed by atoms with E-state index in [9.17, 15) is 9.59 Å². The number of amides is 2. The number of rotatable bonds is 3. The average molecular weight is 291 g/mol. The van der Waals surface area contributed by atoms with Crippen molar-refractivity contribution in [3.8, 4) is 5.88 Å². The molecule has 1 aliphatic heterocycles. The Kier molecular flexibility index (Phi) is 4.16. The van der Waals surface area contributed by atoms with Crippen molar-refractivity contribution in [3.63, 3.8) is 0 Å². The van der Waals surface area contributed by atoms with Crippen molar-refractivity contribution in [2.75, 3.05) is 13.7 Å². The topological polar surface area (TPSA) is 71.5 Å². The van der Waals surface area contributed by atoms with Gasteiger partial charge in [0, 0.05) is 18.8 Å². The molecule has 1 saturated heterocycles. The number of pyridine rings is 1. The van der Waals surface area contributed by atoms with Gasteiger partial charge >= 0.3 is 0 Å². The van der Waals surface area contributed by atoms with Gasteiger partial charge in [-0.15, -0.1) is 0 Å². The molecular weight excluding hydrogens is 270 g/mol. The second-order valence-corrected chi connectivity index (χ2v) is 6.27. The third-order valence-electron chi connectivity index (χ3n) is 3.44. The summed E-state index contributed by atoms with van der Waals surface area (Å²) in [6.07, 6.45) is 1.66. The van der Waals surface area contributed by atoms with Crippen LogP contribution in [0.3, 0.4) is 0 Å². The van der Waals surface area contributed by atoms with E-state index in [0.29, 0.717) is 12.4 Å². The van der Waals surface area contributed by atoms with Crippen LogP contribution < -0.4 is 10.1 Å². The molecule has 0 aliphatic carbocycles. The molecule has 1 atom stereocenters. The average Bonchev–Trinajstić information content (AvgIpc) is 2.42. The van der Waals surface area contributed by atoms with E-state index in [1.165, 1.54) is 0 Å². The van der Waals surface area contributed by atoms with Crippen molar-refractivity contribution in [1.82, 2.24) is 15.2 Å². The van der Waals surface area contributed by atoms with Crippen LogP contribution in [0.4, 0.5) is 0 Å². The first-order valence-corrected chi connectivity index (χ1v) is 6.88. The van der Waals surface area contributed by atoms with Crippen LogP contribution in [0.15, 0.2) is 18.3 Å². The Morgan fingerprint density at radius 2 is 2.10 bits per heavy atom. The summed E-state index contributed by atoms with van der Waals surface area (Å²) in [4.78, 5) is 30.0. The summed E-state index contributed by atoms with van der Waals surface area (Å²) in [5.41, 5.74) is 0.551. The summed E-state index contributed by atoms with van der Waals surface area (Å²) in [6.45, 7) is 6.27. The summed E-state index contributed by atoms with van der Waals surface area (Å²) >= 11 is 0. The predicted molar refractivity (Wildman–Crippen MR) is 77.6 cm³/mol. The normalized spacial score (nSPS) is 19.4. The van der Waals surface area contributed by atoms with Crippen LogP contribution in [0.5, 0.6) is 5.88 Å². The minimum Gasteiger partial charge on any atom is -0.481 e. The van der Waals surface area contributed by atoms with Gasteiger partial charge in [-0.3, -0.25) is 9.59 Å². The van der Waals surface area contributed by atoms with Crippen molar-refractivity contribution >= 4 is 11.8 Å². The molecule has 1 N–H and O–H groups in total. The fraction of sp³-hybridized carbons (Fsp3) is 0.533. The molecule has 2 amide bonds. The Bertz CT molecular complexity index is 534. The first-order chi connectivity index (χ1) is 9.81. The smallest absolute Gasteiger partial charge is 0.246 e. The molecule has 0 saturated carbocycles. The molecule has 21 heavy (non-hydrogen) atoms. The standard InChI is InChI=1S/C15H21N3O3/c1-15(2,3)13-14(20)18(9-11(19)17-13)8-10-5-6-12(21-4)16-7-10/h5-7,13H,8-9H2,1-4H3,(H,17,19). The highest BCUT2D eigenvalue weighted by Crippen LogP contribution is 2.24. The van der Waals surface area contributed by atoms with Crippen molar-refractivity contribution in [2.45, 2.75) is 33.4 Å². The maximum absolute atomic E-state index is 12.5. The molecule has 1 aliphatic rings. The van der Waals surface area contributed by atoms with Crippen LogP contribution >= 0.6 is 0 Å². The SMILES string of the molecule is COc1ccc(CN2CC(=O)NC(C(C)(C)C)C2=O)cn1. The minimum atomic E-state index is -0.495. The summed E-state index contributed by atoms with van der Waals surface area (Å²) in [7, 11) is 1.55. The molecule has 1 unspecified atom stereocenters. The molecule has 114 valence electrons. The Hall–Kier alpha value is -2.11. The lowest BCUT2D eigenvalue weighted by molar-refractivity contribution is -0.147. The summed E-state index contributed by atoms with van der Waals surface area (Å²) < 4.78 is 5.00. The van der Waals surface area contributed by atoms with E-state index in [0.717, 1.165) is 5.56 Å². The third kappa shape index (κ3) is 3.51. The van der Waals surface area contributed by atoms with Gasteiger partial charge in [0.25, 0.3) is 0 Å². The molecule has 1 aromatic rings. The van der Waals surface area contributed by atoms with Gasteiger partial charge in [-0.2, -0.15) is 0 Å². The van der Waals surface area contributed by atoms with Crippen molar-refractivity contribution < 1.29 is 14.3 Å². The van der Waals surface area contributed by atoms with Crippen molar-refractivity contribution in [2.24, 2.45) is 5.41 Å². The number of aromatic nitrogens is 1. The molecule has 6 heteroatoms. The Morgan fingerprint density at radius 3 is 2.62 bits per heavy atom. The lowest BCUT2D eigenvalue weighted by atomic mass is 9.84. The number of piperazine rings is 1. The zero-order valence-electron chi connectivity index (χ0n) is 12.8. The third-order valence-corrected chi connectivity index (χ3v) is 3.44. The highest BCUT2D eigenvalue weighted by molar-refractivity contribution is 5.95. The molecule has 2 rings (SSSR count). The first kappa shape index (κ1) is 15.3. The molecule has 0 bridgehead atoms. The van der Waals surface area contributed by atoms with Crippen LogP contribution in [-0.4, -0.2) is 41.4 Å². The largest absolute Gasteiger partial charge is 0.481 e. The highest BCUT2D eigenvalue weighted by atomic mass is 16.5. The van der Waals surface area contributed by atoms with E-state index < -0.39 is 6.04 Å². The Morgan fingerprint density at radius 1 is 1.38 bits per heavy atom. The summed E-state index contributed by atoms with van der Waals surface area (Å²) in [5, 5.41) is 2.77. The minimum absolute atomic E-state index is 0.0575. The van der Waals surface area contributed by atoms with Gasteiger partial charge in [-0.25, -0.2) is 4.98 Å². The summed E-state index contributed by atoms with van der Waals surface area (Å²) in [5.74, 6) is 0.336. The van der Waals surface area contributed by atoms with E-state index in [-0.39, 0.29) is 23.8 Å². The van der Waals surface area contributed by atoms with Gasteiger partial charge in [0.15, 0.2) is 0 Å². The molecule has 0 aromatic carbocycles. The monoisotopic (exact) mass is 291 g/mol. The van der Waals surface area contributed by atoms with Crippen molar-refractivity contribution in [3.05, 3.63) is 23.9 Å². The van der Waals surface area contributed by atoms with Gasteiger partial charge in [-0.1, -0.05) is 26.8 Å². The van der Waals surface area contributed by atoms with Gasteiger partial charge in [0.1, 0.15) is 6.04 Å². The lowest BCUT2D eigenvalue weighted by Gasteiger charge is -2.38. The van der Waals surface area contributed by atoms with Gasteiger partial charge < -0.3 is 15.0 Å². The predicted octanol–water partition coefficient (Wildman–Crippen LogP) is 0.963. The van der Waals surface area contributed by atoms with E-state index in [2.05, 4.69) is 10.3 Å². The Balaban J connectivity index is 2.14. The number of nitrogens with one attached hydrogen (secondary N) is 1. The lowest BCUT2D eigenvalue weighted by Crippen LogP contribution is -2.61. The number of carbonyl (C=O) groups excluding carboxylic acids is 2. The number of nitrogens with zero attached hydrogens (tertiary/aromatic N) is 2. The Labute approximate surface area is 124 Å². The van der Waals surface area contributed by atoms with Gasteiger partial charge in [-0.05, 0) is 11.0 Å². The molecule has 6 nitrogen and oxygen atoms in total. The molecular formula is C15H21N3O3. The molecule has 1 aromatic heterocycles. The number of ether oxygens (including phenoxy) is 1. The van der Waals surface area contributed by atoms with Crippen LogP contribution in [0.25, 0.3) is 0 Å². The van der Waals surface area contributed by atoms with Crippen LogP contribution in [0.2, 0.25) is 0 Å². The van der Waals surface area contributed by atoms with E-state index in [1.54, 1.807) is 24.3 Å². The fourth-order valence-corrected chi connectivity index (χ4v) is 2.27. The van der Waals surface area contributed by atoms with E-state index in [4.69, 9.17) is 4.74 Å². The quantitative estimate of drug-likeness (QED) is 0.900. The number of hydrogen-bond donors (Lipinski definition) is 1. The van der Waals surface area contributed by atoms with E-state index in [1.807, 2.05) is 26.8 Å². The maximum Gasteiger partial charge on any atom is 0.246 e. The molecule has 0 spiro atoms. The zero-order chi connectivity index (χ0) is 15.6. The summed E-state index contributed by atoms with van der Waals surface area (Å²) in [6, 6.07) is 3.09. The van der Waals surface area contributed by atoms with Gasteiger partial charge in [0.05, 0.1) is 13.7 Å². The molecule has 2 heterocycles. The van der Waals surface area contributed by atoms with Crippen LogP contribution in [-0.2, 0) is 16.1 Å². The molecule has 0 radical (unpaired) electrons. The van der Waals surface area contributed by atoms with Crippen LogP contribution in [0.1, 0.15) is 26.3 Å². The number of carbonyl (C=O) groups is 2. The first-order valence-electron chi connectivity index (χ1n) is 6.88. The second-order valence-electron chi connectivity index (χ2n) is 6.27. The van der Waals surface area contributed by atoms with Crippen LogP contribution in [0, 0.1) is 5.41 Å².